The fourth-order valence-corrected chi connectivity index (χ4v) is 4.99. The SMILES string of the molecule is COc1ccc(CNc2ncnc3c(C)c(-c4ncc(N)cc4C)n(-c4ccc(Oc5nccc(C)n5)c(F)c4)c23)cc1. The summed E-state index contributed by atoms with van der Waals surface area (Å²) in [6.07, 6.45) is 4.69. The summed E-state index contributed by atoms with van der Waals surface area (Å²) in [6, 6.07) is 16.2. The molecule has 0 bridgehead atoms. The van der Waals surface area contributed by atoms with Crippen molar-refractivity contribution < 1.29 is 13.9 Å². The lowest BCUT2D eigenvalue weighted by molar-refractivity contribution is 0.410. The molecule has 0 radical (unpaired) electrons. The summed E-state index contributed by atoms with van der Waals surface area (Å²) in [5.74, 6) is 0.772. The van der Waals surface area contributed by atoms with Crippen LogP contribution in [0, 0.1) is 26.6 Å². The van der Waals surface area contributed by atoms with E-state index >= 15 is 4.39 Å². The van der Waals surface area contributed by atoms with E-state index in [-0.39, 0.29) is 11.8 Å². The highest BCUT2D eigenvalue weighted by atomic mass is 19.1. The second-order valence-corrected chi connectivity index (χ2v) is 10.1. The standard InChI is InChI=1S/C32H29FN8O2/c1-18-13-22(34)16-36-27(18)29-20(3)28-30(31(39-17-38-28)37-15-21-5-8-24(42-4)9-6-21)41(29)23-7-10-26(25(33)14-23)43-32-35-12-11-19(2)40-32/h5-14,16-17H,15,34H2,1-4H3,(H,37,38,39). The summed E-state index contributed by atoms with van der Waals surface area (Å²) in [4.78, 5) is 22.2. The highest BCUT2D eigenvalue weighted by molar-refractivity contribution is 5.96. The molecule has 0 atom stereocenters. The molecule has 0 spiro atoms. The number of anilines is 2. The molecule has 11 heteroatoms. The van der Waals surface area contributed by atoms with E-state index in [1.807, 2.05) is 55.7 Å². The Labute approximate surface area is 247 Å². The average molecular weight is 577 g/mol. The number of fused-ring (bicyclic) bond motifs is 1. The zero-order valence-corrected chi connectivity index (χ0v) is 24.1. The van der Waals surface area contributed by atoms with E-state index < -0.39 is 5.82 Å². The van der Waals surface area contributed by atoms with Gasteiger partial charge in [-0.3, -0.25) is 4.98 Å². The Kier molecular flexibility index (Phi) is 7.29. The third-order valence-corrected chi connectivity index (χ3v) is 7.07. The number of hydrogen-bond acceptors (Lipinski definition) is 9. The minimum Gasteiger partial charge on any atom is -0.497 e. The smallest absolute Gasteiger partial charge is 0.322 e. The van der Waals surface area contributed by atoms with Gasteiger partial charge >= 0.3 is 6.01 Å². The number of aromatic nitrogens is 6. The van der Waals surface area contributed by atoms with Crippen molar-refractivity contribution in [1.82, 2.24) is 29.5 Å². The van der Waals surface area contributed by atoms with Crippen molar-refractivity contribution in [2.75, 3.05) is 18.2 Å². The number of hydrogen-bond donors (Lipinski definition) is 2. The number of halogens is 1. The predicted octanol–water partition coefficient (Wildman–Crippen LogP) is 6.33. The number of nitrogens with zero attached hydrogens (tertiary/aromatic N) is 6. The molecule has 0 fully saturated rings. The number of rotatable bonds is 8. The van der Waals surface area contributed by atoms with E-state index in [0.717, 1.165) is 28.1 Å². The number of methoxy groups -OCH3 is 1. The Morgan fingerprint density at radius 3 is 2.49 bits per heavy atom. The van der Waals surface area contributed by atoms with Crippen LogP contribution in [-0.4, -0.2) is 36.6 Å². The Balaban J connectivity index is 1.50. The zero-order valence-electron chi connectivity index (χ0n) is 24.1. The normalized spacial score (nSPS) is 11.1. The van der Waals surface area contributed by atoms with Crippen LogP contribution in [0.5, 0.6) is 17.5 Å². The quantitative estimate of drug-likeness (QED) is 0.214. The van der Waals surface area contributed by atoms with Gasteiger partial charge in [0.2, 0.25) is 0 Å². The molecule has 6 aromatic rings. The van der Waals surface area contributed by atoms with Gasteiger partial charge in [-0.25, -0.2) is 24.3 Å². The van der Waals surface area contributed by atoms with E-state index in [1.54, 1.807) is 37.7 Å². The molecule has 6 rings (SSSR count). The van der Waals surface area contributed by atoms with Gasteiger partial charge in [0.1, 0.15) is 17.6 Å². The van der Waals surface area contributed by atoms with Crippen molar-refractivity contribution in [3.63, 3.8) is 0 Å². The van der Waals surface area contributed by atoms with E-state index in [2.05, 4.69) is 30.2 Å². The summed E-state index contributed by atoms with van der Waals surface area (Å²) in [5, 5.41) is 3.44. The summed E-state index contributed by atoms with van der Waals surface area (Å²) in [5.41, 5.74) is 13.4. The summed E-state index contributed by atoms with van der Waals surface area (Å²) >= 11 is 0. The molecule has 0 saturated heterocycles. The number of benzene rings is 2. The van der Waals surface area contributed by atoms with E-state index in [1.165, 1.54) is 12.4 Å². The topological polar surface area (TPSA) is 126 Å². The molecule has 0 aliphatic carbocycles. The molecular weight excluding hydrogens is 547 g/mol. The van der Waals surface area contributed by atoms with Gasteiger partial charge in [0.25, 0.3) is 0 Å². The molecule has 216 valence electrons. The molecule has 2 aromatic carbocycles. The number of aryl methyl sites for hydroxylation is 3. The summed E-state index contributed by atoms with van der Waals surface area (Å²) in [6.45, 7) is 6.21. The van der Waals surface area contributed by atoms with Crippen LogP contribution in [0.2, 0.25) is 0 Å². The summed E-state index contributed by atoms with van der Waals surface area (Å²) in [7, 11) is 1.63. The van der Waals surface area contributed by atoms with Crippen LogP contribution in [-0.2, 0) is 6.54 Å². The van der Waals surface area contributed by atoms with Crippen LogP contribution >= 0.6 is 0 Å². The maximum Gasteiger partial charge on any atom is 0.322 e. The monoisotopic (exact) mass is 576 g/mol. The first-order valence-electron chi connectivity index (χ1n) is 13.5. The van der Waals surface area contributed by atoms with Crippen molar-refractivity contribution >= 4 is 22.5 Å². The van der Waals surface area contributed by atoms with Crippen LogP contribution in [0.4, 0.5) is 15.9 Å². The minimum absolute atomic E-state index is 0.0000203. The highest BCUT2D eigenvalue weighted by Gasteiger charge is 2.24. The fraction of sp³-hybridized carbons (Fsp3) is 0.156. The van der Waals surface area contributed by atoms with Gasteiger partial charge in [0, 0.05) is 35.8 Å². The lowest BCUT2D eigenvalue weighted by atomic mass is 10.1. The molecule has 0 amide bonds. The average Bonchev–Trinajstić information content (AvgIpc) is 3.30. The predicted molar refractivity (Wildman–Crippen MR) is 163 cm³/mol. The first-order chi connectivity index (χ1) is 20.8. The first-order valence-corrected chi connectivity index (χ1v) is 13.5. The molecule has 43 heavy (non-hydrogen) atoms. The summed E-state index contributed by atoms with van der Waals surface area (Å²) < 4.78 is 28.5. The van der Waals surface area contributed by atoms with Gasteiger partial charge in [-0.2, -0.15) is 0 Å². The van der Waals surface area contributed by atoms with Crippen LogP contribution in [0.3, 0.4) is 0 Å². The van der Waals surface area contributed by atoms with Crippen molar-refractivity contribution in [2.45, 2.75) is 27.3 Å². The molecule has 0 unspecified atom stereocenters. The fourth-order valence-electron chi connectivity index (χ4n) is 4.99. The Hall–Kier alpha value is -5.58. The van der Waals surface area contributed by atoms with E-state index in [9.17, 15) is 0 Å². The Morgan fingerprint density at radius 2 is 1.77 bits per heavy atom. The van der Waals surface area contributed by atoms with E-state index in [4.69, 9.17) is 15.2 Å². The number of nitrogens with one attached hydrogen (secondary N) is 1. The van der Waals surface area contributed by atoms with Gasteiger partial charge in [-0.05, 0) is 68.3 Å². The minimum atomic E-state index is -0.584. The molecule has 4 aromatic heterocycles. The lowest BCUT2D eigenvalue weighted by Gasteiger charge is -2.16. The van der Waals surface area contributed by atoms with Crippen molar-refractivity contribution in [2.24, 2.45) is 0 Å². The second-order valence-electron chi connectivity index (χ2n) is 10.1. The molecule has 0 saturated carbocycles. The lowest BCUT2D eigenvalue weighted by Crippen LogP contribution is -2.07. The molecule has 10 nitrogen and oxygen atoms in total. The number of nitrogens with two attached hydrogens (primary N) is 1. The second kappa shape index (κ2) is 11.4. The van der Waals surface area contributed by atoms with Gasteiger partial charge in [0.05, 0.1) is 35.9 Å². The van der Waals surface area contributed by atoms with Crippen LogP contribution in [0.15, 0.2) is 73.3 Å². The van der Waals surface area contributed by atoms with Crippen LogP contribution in [0.1, 0.15) is 22.4 Å². The van der Waals surface area contributed by atoms with Gasteiger partial charge < -0.3 is 25.1 Å². The number of ether oxygens (including phenoxy) is 2. The highest BCUT2D eigenvalue weighted by Crippen LogP contribution is 2.39. The van der Waals surface area contributed by atoms with Crippen molar-refractivity contribution in [1.29, 1.82) is 0 Å². The van der Waals surface area contributed by atoms with E-state index in [0.29, 0.717) is 46.2 Å². The van der Waals surface area contributed by atoms with Crippen LogP contribution < -0.4 is 20.5 Å². The van der Waals surface area contributed by atoms with Crippen LogP contribution in [0.25, 0.3) is 28.1 Å². The maximum atomic E-state index is 15.6. The molecule has 0 aliphatic heterocycles. The Morgan fingerprint density at radius 1 is 0.953 bits per heavy atom. The number of nitrogen functional groups attached to an aromatic ring is 1. The third-order valence-electron chi connectivity index (χ3n) is 7.07. The number of pyridine rings is 1. The van der Waals surface area contributed by atoms with Gasteiger partial charge in [-0.1, -0.05) is 12.1 Å². The third kappa shape index (κ3) is 5.40. The zero-order chi connectivity index (χ0) is 30.1. The Bertz CT molecular complexity index is 1960. The molecule has 0 aliphatic rings. The molecule has 4 heterocycles. The largest absolute Gasteiger partial charge is 0.497 e. The first kappa shape index (κ1) is 27.6. The van der Waals surface area contributed by atoms with Gasteiger partial charge in [-0.15, -0.1) is 0 Å². The van der Waals surface area contributed by atoms with Gasteiger partial charge in [0.15, 0.2) is 17.4 Å². The maximum absolute atomic E-state index is 15.6. The van der Waals surface area contributed by atoms with Crippen molar-refractivity contribution in [3.8, 4) is 34.6 Å². The molecule has 3 N–H and O–H groups in total. The molecular formula is C32H29FN8O2. The van der Waals surface area contributed by atoms with Crippen molar-refractivity contribution in [3.05, 3.63) is 102 Å².